The first-order valence-electron chi connectivity index (χ1n) is 9.84. The smallest absolute Gasteiger partial charge is 0.252 e. The van der Waals surface area contributed by atoms with Crippen molar-refractivity contribution in [3.8, 4) is 0 Å². The summed E-state index contributed by atoms with van der Waals surface area (Å²) < 4.78 is 5.33. The van der Waals surface area contributed by atoms with Crippen molar-refractivity contribution < 1.29 is 9.53 Å². The van der Waals surface area contributed by atoms with Gasteiger partial charge in [-0.05, 0) is 35.2 Å². The van der Waals surface area contributed by atoms with Gasteiger partial charge < -0.3 is 15.4 Å². The molecule has 2 heterocycles. The minimum atomic E-state index is -0.0955. The molecule has 1 amide bonds. The zero-order valence-electron chi connectivity index (χ0n) is 17.0. The van der Waals surface area contributed by atoms with Crippen LogP contribution in [0.1, 0.15) is 36.7 Å². The van der Waals surface area contributed by atoms with Gasteiger partial charge in [-0.1, -0.05) is 32.9 Å². The second kappa shape index (κ2) is 9.17. The molecule has 1 fully saturated rings. The van der Waals surface area contributed by atoms with Crippen molar-refractivity contribution in [2.45, 2.75) is 26.2 Å². The van der Waals surface area contributed by atoms with Gasteiger partial charge in [0.2, 0.25) is 0 Å². The fourth-order valence-electron chi connectivity index (χ4n) is 3.06. The predicted molar refractivity (Wildman–Crippen MR) is 112 cm³/mol. The van der Waals surface area contributed by atoms with Gasteiger partial charge in [-0.3, -0.25) is 9.69 Å². The fraction of sp³-hybridized carbons (Fsp3) is 0.455. The van der Waals surface area contributed by atoms with Gasteiger partial charge in [-0.15, -0.1) is 0 Å². The Balaban J connectivity index is 1.49. The molecule has 0 radical (unpaired) electrons. The van der Waals surface area contributed by atoms with E-state index in [0.717, 1.165) is 38.5 Å². The second-order valence-corrected chi connectivity index (χ2v) is 8.09. The number of carbonyl (C=O) groups is 1. The molecule has 0 spiro atoms. The highest BCUT2D eigenvalue weighted by Crippen LogP contribution is 2.24. The highest BCUT2D eigenvalue weighted by Gasteiger charge is 2.13. The van der Waals surface area contributed by atoms with Crippen LogP contribution in [0.25, 0.3) is 0 Å². The van der Waals surface area contributed by atoms with Crippen LogP contribution in [0.5, 0.6) is 0 Å². The molecule has 6 nitrogen and oxygen atoms in total. The number of nitrogens with zero attached hydrogens (tertiary/aromatic N) is 2. The van der Waals surface area contributed by atoms with Crippen molar-refractivity contribution in [2.24, 2.45) is 0 Å². The van der Waals surface area contributed by atoms with Crippen LogP contribution >= 0.6 is 0 Å². The summed E-state index contributed by atoms with van der Waals surface area (Å²) in [7, 11) is 0. The number of rotatable bonds is 6. The third-order valence-corrected chi connectivity index (χ3v) is 4.87. The molecule has 1 aromatic carbocycles. The molecule has 0 aliphatic carbocycles. The highest BCUT2D eigenvalue weighted by molar-refractivity contribution is 5.94. The number of ether oxygens (including phenoxy) is 1. The minimum Gasteiger partial charge on any atom is -0.379 e. The van der Waals surface area contributed by atoms with Crippen LogP contribution in [0, 0.1) is 0 Å². The first-order valence-corrected chi connectivity index (χ1v) is 9.84. The number of morpholine rings is 1. The molecule has 1 aliphatic heterocycles. The molecular weight excluding hydrogens is 352 g/mol. The fourth-order valence-corrected chi connectivity index (χ4v) is 3.06. The lowest BCUT2D eigenvalue weighted by atomic mass is 9.87. The monoisotopic (exact) mass is 382 g/mol. The first kappa shape index (κ1) is 20.3. The number of amides is 1. The summed E-state index contributed by atoms with van der Waals surface area (Å²) >= 11 is 0. The number of pyridine rings is 1. The number of aromatic nitrogens is 1. The lowest BCUT2D eigenvalue weighted by molar-refractivity contribution is 0.0383. The molecule has 2 aromatic rings. The van der Waals surface area contributed by atoms with Gasteiger partial charge >= 0.3 is 0 Å². The summed E-state index contributed by atoms with van der Waals surface area (Å²) in [4.78, 5) is 18.9. The molecule has 0 bridgehead atoms. The maximum atomic E-state index is 12.3. The Morgan fingerprint density at radius 2 is 1.82 bits per heavy atom. The Bertz CT molecular complexity index is 761. The molecule has 0 saturated carbocycles. The molecule has 2 N–H and O–H groups in total. The topological polar surface area (TPSA) is 66.5 Å². The van der Waals surface area contributed by atoms with Crippen molar-refractivity contribution in [1.29, 1.82) is 0 Å². The van der Waals surface area contributed by atoms with E-state index in [1.165, 1.54) is 5.56 Å². The average Bonchev–Trinajstić information content (AvgIpc) is 2.69. The summed E-state index contributed by atoms with van der Waals surface area (Å²) in [5.41, 5.74) is 2.96. The number of hydrogen-bond acceptors (Lipinski definition) is 5. The molecule has 150 valence electrons. The van der Waals surface area contributed by atoms with Crippen LogP contribution < -0.4 is 10.6 Å². The van der Waals surface area contributed by atoms with Crippen molar-refractivity contribution in [1.82, 2.24) is 15.2 Å². The van der Waals surface area contributed by atoms with Crippen LogP contribution in [-0.4, -0.2) is 55.2 Å². The second-order valence-electron chi connectivity index (χ2n) is 8.09. The predicted octanol–water partition coefficient (Wildman–Crippen LogP) is 3.18. The summed E-state index contributed by atoms with van der Waals surface area (Å²) in [6.45, 7) is 11.4. The number of benzene rings is 1. The zero-order valence-corrected chi connectivity index (χ0v) is 17.0. The largest absolute Gasteiger partial charge is 0.379 e. The summed E-state index contributed by atoms with van der Waals surface area (Å²) in [6.07, 6.45) is 1.61. The van der Waals surface area contributed by atoms with Gasteiger partial charge in [0.25, 0.3) is 5.91 Å². The first-order chi connectivity index (χ1) is 13.4. The molecule has 1 aromatic heterocycles. The van der Waals surface area contributed by atoms with E-state index in [1.807, 2.05) is 6.07 Å². The quantitative estimate of drug-likeness (QED) is 0.803. The Kier molecular flexibility index (Phi) is 6.65. The lowest BCUT2D eigenvalue weighted by Crippen LogP contribution is -2.41. The van der Waals surface area contributed by atoms with Crippen molar-refractivity contribution in [3.05, 3.63) is 53.7 Å². The number of hydrogen-bond donors (Lipinski definition) is 2. The van der Waals surface area contributed by atoms with Crippen LogP contribution in [0.4, 0.5) is 11.5 Å². The van der Waals surface area contributed by atoms with Gasteiger partial charge in [-0.2, -0.15) is 0 Å². The van der Waals surface area contributed by atoms with E-state index < -0.39 is 0 Å². The lowest BCUT2D eigenvalue weighted by Gasteiger charge is -2.26. The molecule has 0 unspecified atom stereocenters. The maximum absolute atomic E-state index is 12.3. The standard InChI is InChI=1S/C22H30N4O2/c1-22(2,3)18-5-7-19(8-6-18)25-20-9-4-17(16-24-20)21(27)23-10-11-26-12-14-28-15-13-26/h4-9,16H,10-15H2,1-3H3,(H,23,27)(H,24,25). The summed E-state index contributed by atoms with van der Waals surface area (Å²) in [5, 5.41) is 6.23. The van der Waals surface area contributed by atoms with E-state index in [9.17, 15) is 4.79 Å². The van der Waals surface area contributed by atoms with Crippen LogP contribution in [0.15, 0.2) is 42.6 Å². The molecule has 1 aliphatic rings. The Morgan fingerprint density at radius 3 is 2.43 bits per heavy atom. The number of nitrogens with one attached hydrogen (secondary N) is 2. The van der Waals surface area contributed by atoms with E-state index in [0.29, 0.717) is 17.9 Å². The SMILES string of the molecule is CC(C)(C)c1ccc(Nc2ccc(C(=O)NCCN3CCOCC3)cn2)cc1. The van der Waals surface area contributed by atoms with Gasteiger partial charge in [0.1, 0.15) is 5.82 Å². The van der Waals surface area contributed by atoms with E-state index >= 15 is 0 Å². The minimum absolute atomic E-state index is 0.0955. The molecule has 6 heteroatoms. The van der Waals surface area contributed by atoms with Crippen molar-refractivity contribution in [2.75, 3.05) is 44.7 Å². The third kappa shape index (κ3) is 5.78. The van der Waals surface area contributed by atoms with Crippen molar-refractivity contribution >= 4 is 17.4 Å². The van der Waals surface area contributed by atoms with Crippen molar-refractivity contribution in [3.63, 3.8) is 0 Å². The molecule has 3 rings (SSSR count). The molecular formula is C22H30N4O2. The van der Waals surface area contributed by atoms with Crippen LogP contribution in [-0.2, 0) is 10.2 Å². The maximum Gasteiger partial charge on any atom is 0.252 e. The number of carbonyl (C=O) groups excluding carboxylic acids is 1. The van der Waals surface area contributed by atoms with Crippen LogP contribution in [0.2, 0.25) is 0 Å². The molecule has 28 heavy (non-hydrogen) atoms. The van der Waals surface area contributed by atoms with E-state index in [-0.39, 0.29) is 11.3 Å². The van der Waals surface area contributed by atoms with Gasteiger partial charge in [0, 0.05) is 38.1 Å². The number of anilines is 2. The normalized spacial score (nSPS) is 15.2. The summed E-state index contributed by atoms with van der Waals surface area (Å²) in [6, 6.07) is 12.0. The zero-order chi connectivity index (χ0) is 20.0. The Labute approximate surface area is 167 Å². The molecule has 0 atom stereocenters. The van der Waals surface area contributed by atoms with Crippen LogP contribution in [0.3, 0.4) is 0 Å². The highest BCUT2D eigenvalue weighted by atomic mass is 16.5. The summed E-state index contributed by atoms with van der Waals surface area (Å²) in [5.74, 6) is 0.621. The molecule has 1 saturated heterocycles. The third-order valence-electron chi connectivity index (χ3n) is 4.87. The average molecular weight is 383 g/mol. The van der Waals surface area contributed by atoms with E-state index in [1.54, 1.807) is 12.3 Å². The van der Waals surface area contributed by atoms with Gasteiger partial charge in [-0.25, -0.2) is 4.98 Å². The Morgan fingerprint density at radius 1 is 1.11 bits per heavy atom. The Hall–Kier alpha value is -2.44. The van der Waals surface area contributed by atoms with Gasteiger partial charge in [0.05, 0.1) is 18.8 Å². The van der Waals surface area contributed by atoms with Gasteiger partial charge in [0.15, 0.2) is 0 Å². The van der Waals surface area contributed by atoms with E-state index in [2.05, 4.69) is 65.6 Å². The van der Waals surface area contributed by atoms with E-state index in [4.69, 9.17) is 4.74 Å².